The average molecular weight is 276 g/mol. The number of hydrogen-bond acceptors (Lipinski definition) is 3. The van der Waals surface area contributed by atoms with Gasteiger partial charge in [-0.05, 0) is 12.5 Å². The second kappa shape index (κ2) is 7.26. The topological polar surface area (TPSA) is 61.6 Å². The number of nitrogens with two attached hydrogens (primary N) is 1. The standard InChI is InChI=1S/C15H24N4O/c1-13-3-2-4-14(11-13)12-17-15(20)19-9-7-18(6-5-16)8-10-19/h2-4,11H,5-10,12,16H2,1H3,(H,17,20). The van der Waals surface area contributed by atoms with Gasteiger partial charge in [-0.2, -0.15) is 0 Å². The van der Waals surface area contributed by atoms with Crippen LogP contribution in [0.3, 0.4) is 0 Å². The number of carbonyl (C=O) groups is 1. The summed E-state index contributed by atoms with van der Waals surface area (Å²) >= 11 is 0. The van der Waals surface area contributed by atoms with Crippen molar-refractivity contribution in [2.75, 3.05) is 39.3 Å². The molecule has 0 saturated carbocycles. The molecule has 0 atom stereocenters. The van der Waals surface area contributed by atoms with Gasteiger partial charge >= 0.3 is 6.03 Å². The first-order valence-corrected chi connectivity index (χ1v) is 7.20. The van der Waals surface area contributed by atoms with Crippen molar-refractivity contribution in [3.63, 3.8) is 0 Å². The first kappa shape index (κ1) is 14.8. The molecule has 0 radical (unpaired) electrons. The van der Waals surface area contributed by atoms with E-state index in [-0.39, 0.29) is 6.03 Å². The van der Waals surface area contributed by atoms with Crippen LogP contribution in [0.4, 0.5) is 4.79 Å². The van der Waals surface area contributed by atoms with Gasteiger partial charge in [0.2, 0.25) is 0 Å². The number of nitrogens with zero attached hydrogens (tertiary/aromatic N) is 2. The number of amides is 2. The van der Waals surface area contributed by atoms with Crippen molar-refractivity contribution in [1.29, 1.82) is 0 Å². The second-order valence-corrected chi connectivity index (χ2v) is 5.27. The number of piperazine rings is 1. The zero-order valence-corrected chi connectivity index (χ0v) is 12.1. The van der Waals surface area contributed by atoms with Gasteiger partial charge in [-0.25, -0.2) is 4.79 Å². The Bertz CT molecular complexity index is 441. The Hall–Kier alpha value is -1.59. The molecular formula is C15H24N4O. The van der Waals surface area contributed by atoms with Crippen LogP contribution in [-0.4, -0.2) is 55.1 Å². The van der Waals surface area contributed by atoms with Crippen molar-refractivity contribution in [2.45, 2.75) is 13.5 Å². The largest absolute Gasteiger partial charge is 0.334 e. The molecule has 20 heavy (non-hydrogen) atoms. The van der Waals surface area contributed by atoms with E-state index in [9.17, 15) is 4.79 Å². The maximum absolute atomic E-state index is 12.1. The summed E-state index contributed by atoms with van der Waals surface area (Å²) in [5.41, 5.74) is 7.90. The second-order valence-electron chi connectivity index (χ2n) is 5.27. The van der Waals surface area contributed by atoms with Gasteiger partial charge in [-0.1, -0.05) is 29.8 Å². The van der Waals surface area contributed by atoms with Crippen LogP contribution in [0.25, 0.3) is 0 Å². The van der Waals surface area contributed by atoms with Crippen LogP contribution in [0.2, 0.25) is 0 Å². The van der Waals surface area contributed by atoms with Crippen LogP contribution >= 0.6 is 0 Å². The van der Waals surface area contributed by atoms with E-state index in [1.807, 2.05) is 17.0 Å². The highest BCUT2D eigenvalue weighted by molar-refractivity contribution is 5.74. The van der Waals surface area contributed by atoms with Crippen LogP contribution < -0.4 is 11.1 Å². The van der Waals surface area contributed by atoms with Gasteiger partial charge < -0.3 is 16.0 Å². The van der Waals surface area contributed by atoms with E-state index in [4.69, 9.17) is 5.73 Å². The molecule has 2 rings (SSSR count). The molecule has 0 aromatic heterocycles. The third-order valence-electron chi connectivity index (χ3n) is 3.63. The maximum atomic E-state index is 12.1. The monoisotopic (exact) mass is 276 g/mol. The summed E-state index contributed by atoms with van der Waals surface area (Å²) in [6.07, 6.45) is 0. The zero-order chi connectivity index (χ0) is 14.4. The Morgan fingerprint density at radius 2 is 2.05 bits per heavy atom. The molecular weight excluding hydrogens is 252 g/mol. The minimum Gasteiger partial charge on any atom is -0.334 e. The van der Waals surface area contributed by atoms with Gasteiger partial charge in [0.1, 0.15) is 0 Å². The summed E-state index contributed by atoms with van der Waals surface area (Å²) in [6, 6.07) is 8.23. The summed E-state index contributed by atoms with van der Waals surface area (Å²) < 4.78 is 0. The predicted molar refractivity (Wildman–Crippen MR) is 80.5 cm³/mol. The Morgan fingerprint density at radius 3 is 2.70 bits per heavy atom. The van der Waals surface area contributed by atoms with E-state index in [0.717, 1.165) is 38.3 Å². The van der Waals surface area contributed by atoms with E-state index in [1.54, 1.807) is 0 Å². The SMILES string of the molecule is Cc1cccc(CNC(=O)N2CCN(CCN)CC2)c1. The summed E-state index contributed by atoms with van der Waals surface area (Å²) in [4.78, 5) is 16.3. The fourth-order valence-electron chi connectivity index (χ4n) is 2.47. The van der Waals surface area contributed by atoms with E-state index in [1.165, 1.54) is 5.56 Å². The minimum absolute atomic E-state index is 0.0268. The summed E-state index contributed by atoms with van der Waals surface area (Å²) in [6.45, 7) is 7.62. The highest BCUT2D eigenvalue weighted by Crippen LogP contribution is 2.05. The lowest BCUT2D eigenvalue weighted by Gasteiger charge is -2.34. The lowest BCUT2D eigenvalue weighted by molar-refractivity contribution is 0.141. The lowest BCUT2D eigenvalue weighted by atomic mass is 10.1. The maximum Gasteiger partial charge on any atom is 0.317 e. The molecule has 1 heterocycles. The van der Waals surface area contributed by atoms with Gasteiger partial charge in [-0.3, -0.25) is 4.90 Å². The number of carbonyl (C=O) groups excluding carboxylic acids is 1. The molecule has 1 aromatic rings. The van der Waals surface area contributed by atoms with Crippen molar-refractivity contribution < 1.29 is 4.79 Å². The normalized spacial score (nSPS) is 16.2. The molecule has 0 unspecified atom stereocenters. The Balaban J connectivity index is 1.76. The number of nitrogens with one attached hydrogen (secondary N) is 1. The number of benzene rings is 1. The van der Waals surface area contributed by atoms with Gasteiger partial charge in [-0.15, -0.1) is 0 Å². The molecule has 3 N–H and O–H groups in total. The molecule has 0 aliphatic carbocycles. The smallest absolute Gasteiger partial charge is 0.317 e. The number of hydrogen-bond donors (Lipinski definition) is 2. The van der Waals surface area contributed by atoms with E-state index in [2.05, 4.69) is 29.3 Å². The van der Waals surface area contributed by atoms with Gasteiger partial charge in [0.25, 0.3) is 0 Å². The first-order chi connectivity index (χ1) is 9.69. The van der Waals surface area contributed by atoms with Gasteiger partial charge in [0, 0.05) is 45.8 Å². The molecule has 1 saturated heterocycles. The summed E-state index contributed by atoms with van der Waals surface area (Å²) in [5.74, 6) is 0. The van der Waals surface area contributed by atoms with Crippen molar-refractivity contribution in [1.82, 2.24) is 15.1 Å². The number of rotatable bonds is 4. The summed E-state index contributed by atoms with van der Waals surface area (Å²) in [5, 5.41) is 2.99. The van der Waals surface area contributed by atoms with Crippen molar-refractivity contribution in [3.8, 4) is 0 Å². The van der Waals surface area contributed by atoms with Crippen LogP contribution in [0.5, 0.6) is 0 Å². The Morgan fingerprint density at radius 1 is 1.30 bits per heavy atom. The summed E-state index contributed by atoms with van der Waals surface area (Å²) in [7, 11) is 0. The highest BCUT2D eigenvalue weighted by Gasteiger charge is 2.20. The fraction of sp³-hybridized carbons (Fsp3) is 0.533. The van der Waals surface area contributed by atoms with Crippen LogP contribution in [-0.2, 0) is 6.54 Å². The van der Waals surface area contributed by atoms with E-state index >= 15 is 0 Å². The molecule has 1 aliphatic heterocycles. The third kappa shape index (κ3) is 4.21. The number of aryl methyl sites for hydroxylation is 1. The quantitative estimate of drug-likeness (QED) is 0.854. The molecule has 0 bridgehead atoms. The van der Waals surface area contributed by atoms with Crippen LogP contribution in [0.1, 0.15) is 11.1 Å². The van der Waals surface area contributed by atoms with Crippen molar-refractivity contribution in [3.05, 3.63) is 35.4 Å². The Kier molecular flexibility index (Phi) is 5.38. The van der Waals surface area contributed by atoms with Crippen LogP contribution in [0.15, 0.2) is 24.3 Å². The molecule has 2 amide bonds. The molecule has 1 aromatic carbocycles. The fourth-order valence-corrected chi connectivity index (χ4v) is 2.47. The minimum atomic E-state index is 0.0268. The highest BCUT2D eigenvalue weighted by atomic mass is 16.2. The average Bonchev–Trinajstić information content (AvgIpc) is 2.46. The van der Waals surface area contributed by atoms with Gasteiger partial charge in [0.15, 0.2) is 0 Å². The molecule has 1 aliphatic rings. The molecule has 5 nitrogen and oxygen atoms in total. The Labute approximate surface area is 120 Å². The first-order valence-electron chi connectivity index (χ1n) is 7.20. The van der Waals surface area contributed by atoms with Crippen molar-refractivity contribution in [2.24, 2.45) is 5.73 Å². The molecule has 110 valence electrons. The van der Waals surface area contributed by atoms with E-state index < -0.39 is 0 Å². The zero-order valence-electron chi connectivity index (χ0n) is 12.1. The van der Waals surface area contributed by atoms with Crippen LogP contribution in [0, 0.1) is 6.92 Å². The van der Waals surface area contributed by atoms with E-state index in [0.29, 0.717) is 13.1 Å². The lowest BCUT2D eigenvalue weighted by Crippen LogP contribution is -2.52. The third-order valence-corrected chi connectivity index (χ3v) is 3.63. The number of urea groups is 1. The predicted octanol–water partition coefficient (Wildman–Crippen LogP) is 0.781. The van der Waals surface area contributed by atoms with Gasteiger partial charge in [0.05, 0.1) is 0 Å². The molecule has 5 heteroatoms. The molecule has 0 spiro atoms. The van der Waals surface area contributed by atoms with Crippen molar-refractivity contribution >= 4 is 6.03 Å². The molecule has 1 fully saturated rings.